The molecule has 0 atom stereocenters. The molecule has 7 heteroatoms. The molecule has 0 radical (unpaired) electrons. The highest BCUT2D eigenvalue weighted by atomic mass is 79.9. The first-order valence-electron chi connectivity index (χ1n) is 7.53. The number of carboxylic acids is 1. The van der Waals surface area contributed by atoms with E-state index in [-0.39, 0.29) is 24.5 Å². The first-order valence-corrected chi connectivity index (χ1v) is 9.14. The van der Waals surface area contributed by atoms with Crippen molar-refractivity contribution in [2.45, 2.75) is 37.8 Å². The van der Waals surface area contributed by atoms with E-state index < -0.39 is 5.97 Å². The second-order valence-corrected chi connectivity index (χ2v) is 8.63. The summed E-state index contributed by atoms with van der Waals surface area (Å²) >= 11 is 4.78. The maximum Gasteiger partial charge on any atom is 0.317 e. The van der Waals surface area contributed by atoms with Gasteiger partial charge in [-0.25, -0.2) is 0 Å². The Morgan fingerprint density at radius 2 is 2.09 bits per heavy atom. The van der Waals surface area contributed by atoms with Gasteiger partial charge in [0.1, 0.15) is 0 Å². The van der Waals surface area contributed by atoms with Gasteiger partial charge in [0.15, 0.2) is 0 Å². The molecule has 1 aromatic heterocycles. The Morgan fingerprint density at radius 1 is 1.36 bits per heavy atom. The summed E-state index contributed by atoms with van der Waals surface area (Å²) in [5, 5.41) is 12.1. The van der Waals surface area contributed by atoms with Crippen LogP contribution >= 0.6 is 27.3 Å². The lowest BCUT2D eigenvalue weighted by Gasteiger charge is -2.42. The molecule has 0 spiro atoms. The van der Waals surface area contributed by atoms with Crippen molar-refractivity contribution in [2.24, 2.45) is 5.92 Å². The average molecular weight is 387 g/mol. The van der Waals surface area contributed by atoms with Crippen LogP contribution in [0.1, 0.15) is 35.4 Å². The zero-order valence-corrected chi connectivity index (χ0v) is 14.5. The molecule has 0 saturated heterocycles. The fourth-order valence-corrected chi connectivity index (χ4v) is 4.13. The fourth-order valence-electron chi connectivity index (χ4n) is 2.85. The topological polar surface area (TPSA) is 69.6 Å². The van der Waals surface area contributed by atoms with E-state index in [1.807, 2.05) is 12.1 Å². The second kappa shape index (κ2) is 6.68. The number of hydrogen-bond donors (Lipinski definition) is 2. The van der Waals surface area contributed by atoms with Gasteiger partial charge in [0.05, 0.1) is 15.2 Å². The van der Waals surface area contributed by atoms with Gasteiger partial charge < -0.3 is 10.4 Å². The molecule has 1 aromatic rings. The maximum absolute atomic E-state index is 12.1. The van der Waals surface area contributed by atoms with E-state index in [1.54, 1.807) is 0 Å². The van der Waals surface area contributed by atoms with Gasteiger partial charge in [0.2, 0.25) is 0 Å². The molecule has 2 aliphatic carbocycles. The van der Waals surface area contributed by atoms with Crippen molar-refractivity contribution in [3.8, 4) is 0 Å². The molecule has 0 unspecified atom stereocenters. The zero-order valence-electron chi connectivity index (χ0n) is 12.1. The molecule has 2 fully saturated rings. The molecule has 2 N–H and O–H groups in total. The first kappa shape index (κ1) is 16.0. The number of thiophene rings is 1. The number of amides is 1. The van der Waals surface area contributed by atoms with Crippen LogP contribution in [0.4, 0.5) is 0 Å². The molecule has 2 aliphatic rings. The molecule has 0 aliphatic heterocycles. The Bertz CT molecular complexity index is 567. The van der Waals surface area contributed by atoms with Crippen molar-refractivity contribution >= 4 is 39.1 Å². The summed E-state index contributed by atoms with van der Waals surface area (Å²) in [6.45, 7) is 0.995. The summed E-state index contributed by atoms with van der Waals surface area (Å²) < 4.78 is 0.946. The number of carboxylic acid groups (broad SMARTS) is 1. The van der Waals surface area contributed by atoms with E-state index in [2.05, 4.69) is 26.1 Å². The summed E-state index contributed by atoms with van der Waals surface area (Å²) in [5.74, 6) is -0.126. The molecule has 0 bridgehead atoms. The molecule has 5 nitrogen and oxygen atoms in total. The predicted octanol–water partition coefficient (Wildman–Crippen LogP) is 2.57. The number of halogens is 1. The lowest BCUT2D eigenvalue weighted by molar-refractivity contribution is -0.139. The average Bonchev–Trinajstić information content (AvgIpc) is 3.10. The zero-order chi connectivity index (χ0) is 15.7. The Labute approximate surface area is 141 Å². The molecule has 1 amide bonds. The molecular formula is C15H19BrN2O3S. The SMILES string of the molecule is O=C(O)CN(CC1CC1)C1CC(NC(=O)c2ccc(Br)s2)C1. The summed E-state index contributed by atoms with van der Waals surface area (Å²) in [5.41, 5.74) is 0. The lowest BCUT2D eigenvalue weighted by atomic mass is 9.85. The summed E-state index contributed by atoms with van der Waals surface area (Å²) in [6.07, 6.45) is 4.13. The molecule has 0 aromatic carbocycles. The van der Waals surface area contributed by atoms with Crippen LogP contribution in [-0.4, -0.2) is 47.1 Å². The van der Waals surface area contributed by atoms with Gasteiger partial charge in [0, 0.05) is 18.6 Å². The Hall–Kier alpha value is -0.920. The summed E-state index contributed by atoms with van der Waals surface area (Å²) in [7, 11) is 0. The minimum absolute atomic E-state index is 0.0360. The second-order valence-electron chi connectivity index (χ2n) is 6.17. The van der Waals surface area contributed by atoms with Gasteiger partial charge in [-0.15, -0.1) is 11.3 Å². The third-order valence-electron chi connectivity index (χ3n) is 4.29. The third kappa shape index (κ3) is 4.08. The smallest absolute Gasteiger partial charge is 0.317 e. The highest BCUT2D eigenvalue weighted by Gasteiger charge is 2.37. The van der Waals surface area contributed by atoms with Crippen molar-refractivity contribution < 1.29 is 14.7 Å². The molecular weight excluding hydrogens is 368 g/mol. The summed E-state index contributed by atoms with van der Waals surface area (Å²) in [6, 6.07) is 4.13. The quantitative estimate of drug-likeness (QED) is 0.755. The third-order valence-corrected chi connectivity index (χ3v) is 5.91. The Morgan fingerprint density at radius 3 is 2.64 bits per heavy atom. The van der Waals surface area contributed by atoms with E-state index in [4.69, 9.17) is 5.11 Å². The maximum atomic E-state index is 12.1. The van der Waals surface area contributed by atoms with Gasteiger partial charge in [-0.05, 0) is 59.7 Å². The first-order chi connectivity index (χ1) is 10.5. The Balaban J connectivity index is 1.47. The van der Waals surface area contributed by atoms with Crippen LogP contribution in [0.25, 0.3) is 0 Å². The largest absolute Gasteiger partial charge is 0.480 e. The van der Waals surface area contributed by atoms with E-state index in [0.717, 1.165) is 23.2 Å². The molecule has 120 valence electrons. The number of nitrogens with zero attached hydrogens (tertiary/aromatic N) is 1. The number of aliphatic carboxylic acids is 1. The highest BCUT2D eigenvalue weighted by molar-refractivity contribution is 9.11. The van der Waals surface area contributed by atoms with Crippen molar-refractivity contribution in [3.05, 3.63) is 20.8 Å². The van der Waals surface area contributed by atoms with E-state index in [1.165, 1.54) is 24.2 Å². The van der Waals surface area contributed by atoms with Gasteiger partial charge in [-0.1, -0.05) is 0 Å². The fraction of sp³-hybridized carbons (Fsp3) is 0.600. The normalized spacial score (nSPS) is 24.1. The molecule has 2 saturated carbocycles. The van der Waals surface area contributed by atoms with Crippen LogP contribution < -0.4 is 5.32 Å². The standard InChI is InChI=1S/C15H19BrN2O3S/c16-13-4-3-12(22-13)15(21)17-10-5-11(6-10)18(8-14(19)20)7-9-1-2-9/h3-4,9-11H,1-2,5-8H2,(H,17,21)(H,19,20). The van der Waals surface area contributed by atoms with Crippen LogP contribution in [0, 0.1) is 5.92 Å². The number of nitrogens with one attached hydrogen (secondary N) is 1. The van der Waals surface area contributed by atoms with Gasteiger partial charge in [0.25, 0.3) is 5.91 Å². The lowest BCUT2D eigenvalue weighted by Crippen LogP contribution is -2.55. The Kier molecular flexibility index (Phi) is 4.84. The monoisotopic (exact) mass is 386 g/mol. The van der Waals surface area contributed by atoms with Gasteiger partial charge in [-0.2, -0.15) is 0 Å². The van der Waals surface area contributed by atoms with Crippen molar-refractivity contribution in [3.63, 3.8) is 0 Å². The van der Waals surface area contributed by atoms with Gasteiger partial charge >= 0.3 is 5.97 Å². The molecule has 22 heavy (non-hydrogen) atoms. The number of rotatable bonds is 7. The minimum atomic E-state index is -0.767. The minimum Gasteiger partial charge on any atom is -0.480 e. The molecule has 3 rings (SSSR count). The predicted molar refractivity (Wildman–Crippen MR) is 88.2 cm³/mol. The van der Waals surface area contributed by atoms with Crippen molar-refractivity contribution in [1.29, 1.82) is 0 Å². The van der Waals surface area contributed by atoms with Crippen molar-refractivity contribution in [1.82, 2.24) is 10.2 Å². The highest BCUT2D eigenvalue weighted by Crippen LogP contribution is 2.34. The number of hydrogen-bond acceptors (Lipinski definition) is 4. The van der Waals surface area contributed by atoms with Crippen LogP contribution in [0.2, 0.25) is 0 Å². The van der Waals surface area contributed by atoms with Crippen LogP contribution in [-0.2, 0) is 4.79 Å². The van der Waals surface area contributed by atoms with Crippen LogP contribution in [0.5, 0.6) is 0 Å². The van der Waals surface area contributed by atoms with E-state index in [9.17, 15) is 9.59 Å². The van der Waals surface area contributed by atoms with Crippen molar-refractivity contribution in [2.75, 3.05) is 13.1 Å². The number of carbonyl (C=O) groups excluding carboxylic acids is 1. The number of carbonyl (C=O) groups is 2. The van der Waals surface area contributed by atoms with E-state index >= 15 is 0 Å². The molecule has 1 heterocycles. The summed E-state index contributed by atoms with van der Waals surface area (Å²) in [4.78, 5) is 25.8. The van der Waals surface area contributed by atoms with E-state index in [0.29, 0.717) is 10.8 Å². The van der Waals surface area contributed by atoms with Crippen LogP contribution in [0.3, 0.4) is 0 Å². The van der Waals surface area contributed by atoms with Crippen LogP contribution in [0.15, 0.2) is 15.9 Å². The van der Waals surface area contributed by atoms with Gasteiger partial charge in [-0.3, -0.25) is 14.5 Å².